The Hall–Kier alpha value is -2.90. The Morgan fingerprint density at radius 3 is 2.80 bits per heavy atom. The molecule has 8 heteroatoms. The van der Waals surface area contributed by atoms with Gasteiger partial charge in [0.2, 0.25) is 5.91 Å². The number of carbonyl (C=O) groups excluding carboxylic acids is 2. The lowest BCUT2D eigenvalue weighted by atomic mass is 10.00. The maximum absolute atomic E-state index is 13.7. The SMILES string of the molecule is CCCN(CC(=O)N1CCc2sccc2C1COc1ccc(Cl)c(C)c1)C(=O)c1cccc(F)c1. The number of halogens is 2. The summed E-state index contributed by atoms with van der Waals surface area (Å²) in [6.07, 6.45) is 1.45. The molecule has 35 heavy (non-hydrogen) atoms. The molecule has 0 N–H and O–H groups in total. The molecule has 1 aliphatic heterocycles. The van der Waals surface area contributed by atoms with E-state index in [1.807, 2.05) is 37.4 Å². The molecule has 0 saturated carbocycles. The number of amides is 2. The van der Waals surface area contributed by atoms with Crippen molar-refractivity contribution in [2.45, 2.75) is 32.7 Å². The summed E-state index contributed by atoms with van der Waals surface area (Å²) in [6, 6.07) is 12.9. The summed E-state index contributed by atoms with van der Waals surface area (Å²) in [6.45, 7) is 5.04. The van der Waals surface area contributed by atoms with Gasteiger partial charge in [0, 0.05) is 28.6 Å². The quantitative estimate of drug-likeness (QED) is 0.375. The monoisotopic (exact) mass is 514 g/mol. The molecule has 0 bridgehead atoms. The standard InChI is InChI=1S/C27H28ClFN2O3S/c1-3-11-30(27(33)19-5-4-6-20(29)15-19)16-26(32)31-12-9-25-22(10-13-35-25)24(31)17-34-21-7-8-23(28)18(2)14-21/h4-8,10,13-15,24H,3,9,11-12,16-17H2,1-2H3. The van der Waals surface area contributed by atoms with Crippen molar-refractivity contribution in [1.82, 2.24) is 9.80 Å². The highest BCUT2D eigenvalue weighted by Crippen LogP contribution is 2.34. The normalized spacial score (nSPS) is 15.0. The van der Waals surface area contributed by atoms with E-state index >= 15 is 0 Å². The molecule has 2 amide bonds. The number of benzene rings is 2. The van der Waals surface area contributed by atoms with Gasteiger partial charge in [-0.15, -0.1) is 11.3 Å². The van der Waals surface area contributed by atoms with Crippen LogP contribution >= 0.6 is 22.9 Å². The van der Waals surface area contributed by atoms with Crippen LogP contribution < -0.4 is 4.74 Å². The van der Waals surface area contributed by atoms with Gasteiger partial charge in [-0.05, 0) is 78.7 Å². The van der Waals surface area contributed by atoms with E-state index in [2.05, 4.69) is 0 Å². The van der Waals surface area contributed by atoms with Crippen molar-refractivity contribution in [1.29, 1.82) is 0 Å². The Kier molecular flexibility index (Phi) is 8.08. The molecule has 0 radical (unpaired) electrons. The fourth-order valence-corrected chi connectivity index (χ4v) is 5.38. The summed E-state index contributed by atoms with van der Waals surface area (Å²) < 4.78 is 19.8. The lowest BCUT2D eigenvalue weighted by Crippen LogP contribution is -2.48. The smallest absolute Gasteiger partial charge is 0.254 e. The van der Waals surface area contributed by atoms with Crippen LogP contribution in [0.1, 0.15) is 45.7 Å². The Labute approximate surface area is 214 Å². The second kappa shape index (κ2) is 11.2. The fraction of sp³-hybridized carbons (Fsp3) is 0.333. The number of hydrogen-bond donors (Lipinski definition) is 0. The molecule has 1 unspecified atom stereocenters. The zero-order valence-corrected chi connectivity index (χ0v) is 21.4. The van der Waals surface area contributed by atoms with E-state index in [0.717, 1.165) is 17.5 Å². The summed E-state index contributed by atoms with van der Waals surface area (Å²) >= 11 is 7.82. The first-order chi connectivity index (χ1) is 16.9. The minimum Gasteiger partial charge on any atom is -0.491 e. The Morgan fingerprint density at radius 2 is 2.06 bits per heavy atom. The second-order valence-electron chi connectivity index (χ2n) is 8.61. The lowest BCUT2D eigenvalue weighted by molar-refractivity contribution is -0.135. The Morgan fingerprint density at radius 1 is 1.23 bits per heavy atom. The van der Waals surface area contributed by atoms with E-state index in [0.29, 0.717) is 36.9 Å². The van der Waals surface area contributed by atoms with E-state index in [1.54, 1.807) is 28.4 Å². The molecule has 0 aliphatic carbocycles. The number of thiophene rings is 1. The number of ether oxygens (including phenoxy) is 1. The average Bonchev–Trinajstić information content (AvgIpc) is 3.33. The van der Waals surface area contributed by atoms with Crippen molar-refractivity contribution in [3.05, 3.63) is 86.3 Å². The molecule has 2 heterocycles. The van der Waals surface area contributed by atoms with Gasteiger partial charge in [-0.1, -0.05) is 24.6 Å². The van der Waals surface area contributed by atoms with Crippen molar-refractivity contribution in [2.24, 2.45) is 0 Å². The van der Waals surface area contributed by atoms with Crippen molar-refractivity contribution in [3.8, 4) is 5.75 Å². The minimum atomic E-state index is -0.478. The van der Waals surface area contributed by atoms with Crippen molar-refractivity contribution < 1.29 is 18.7 Å². The van der Waals surface area contributed by atoms with Crippen molar-refractivity contribution >= 4 is 34.8 Å². The number of fused-ring (bicyclic) bond motifs is 1. The van der Waals surface area contributed by atoms with Crippen LogP contribution in [0.4, 0.5) is 4.39 Å². The fourth-order valence-electron chi connectivity index (χ4n) is 4.34. The van der Waals surface area contributed by atoms with Gasteiger partial charge in [-0.3, -0.25) is 9.59 Å². The summed E-state index contributed by atoms with van der Waals surface area (Å²) in [5, 5.41) is 2.71. The van der Waals surface area contributed by atoms with Crippen LogP contribution in [-0.2, 0) is 11.2 Å². The summed E-state index contributed by atoms with van der Waals surface area (Å²) in [5.41, 5.74) is 2.24. The molecular weight excluding hydrogens is 487 g/mol. The van der Waals surface area contributed by atoms with Crippen LogP contribution in [-0.4, -0.2) is 47.9 Å². The van der Waals surface area contributed by atoms with E-state index in [-0.39, 0.29) is 30.0 Å². The number of rotatable bonds is 8. The highest BCUT2D eigenvalue weighted by molar-refractivity contribution is 7.10. The molecule has 1 aliphatic rings. The molecule has 4 rings (SSSR count). The molecule has 2 aromatic carbocycles. The Balaban J connectivity index is 1.52. The van der Waals surface area contributed by atoms with Gasteiger partial charge in [-0.2, -0.15) is 0 Å². The predicted molar refractivity (Wildman–Crippen MR) is 137 cm³/mol. The highest BCUT2D eigenvalue weighted by Gasteiger charge is 2.33. The largest absolute Gasteiger partial charge is 0.491 e. The number of carbonyl (C=O) groups is 2. The maximum Gasteiger partial charge on any atom is 0.254 e. The van der Waals surface area contributed by atoms with Crippen LogP contribution in [0.25, 0.3) is 0 Å². The van der Waals surface area contributed by atoms with Gasteiger partial charge in [0.1, 0.15) is 24.7 Å². The first-order valence-electron chi connectivity index (χ1n) is 11.7. The molecule has 0 spiro atoms. The third-order valence-electron chi connectivity index (χ3n) is 6.13. The third kappa shape index (κ3) is 5.85. The van der Waals surface area contributed by atoms with E-state index in [1.165, 1.54) is 28.0 Å². The van der Waals surface area contributed by atoms with Gasteiger partial charge in [0.25, 0.3) is 5.91 Å². The van der Waals surface area contributed by atoms with Gasteiger partial charge in [-0.25, -0.2) is 4.39 Å². The molecule has 1 aromatic heterocycles. The lowest BCUT2D eigenvalue weighted by Gasteiger charge is -2.37. The van der Waals surface area contributed by atoms with E-state index < -0.39 is 5.82 Å². The van der Waals surface area contributed by atoms with Gasteiger partial charge in [0.15, 0.2) is 0 Å². The minimum absolute atomic E-state index is 0.0702. The van der Waals surface area contributed by atoms with Crippen LogP contribution in [0, 0.1) is 12.7 Å². The average molecular weight is 515 g/mol. The zero-order valence-electron chi connectivity index (χ0n) is 19.8. The van der Waals surface area contributed by atoms with Crippen LogP contribution in [0.2, 0.25) is 5.02 Å². The molecule has 184 valence electrons. The van der Waals surface area contributed by atoms with Gasteiger partial charge >= 0.3 is 0 Å². The first-order valence-corrected chi connectivity index (χ1v) is 12.9. The zero-order chi connectivity index (χ0) is 24.9. The molecular formula is C27H28ClFN2O3S. The molecule has 5 nitrogen and oxygen atoms in total. The molecule has 0 fully saturated rings. The van der Waals surface area contributed by atoms with Crippen molar-refractivity contribution in [2.75, 3.05) is 26.2 Å². The summed E-state index contributed by atoms with van der Waals surface area (Å²) in [7, 11) is 0. The third-order valence-corrected chi connectivity index (χ3v) is 7.55. The number of aryl methyl sites for hydroxylation is 1. The van der Waals surface area contributed by atoms with E-state index in [4.69, 9.17) is 16.3 Å². The van der Waals surface area contributed by atoms with Crippen LogP contribution in [0.5, 0.6) is 5.75 Å². The van der Waals surface area contributed by atoms with Gasteiger partial charge in [0.05, 0.1) is 6.04 Å². The Bertz CT molecular complexity index is 1210. The van der Waals surface area contributed by atoms with Crippen LogP contribution in [0.15, 0.2) is 53.9 Å². The summed E-state index contributed by atoms with van der Waals surface area (Å²) in [5.74, 6) is -0.289. The molecule has 0 saturated heterocycles. The molecule has 1 atom stereocenters. The van der Waals surface area contributed by atoms with Crippen molar-refractivity contribution in [3.63, 3.8) is 0 Å². The first kappa shape index (κ1) is 25.2. The topological polar surface area (TPSA) is 49.9 Å². The van der Waals surface area contributed by atoms with Crippen LogP contribution in [0.3, 0.4) is 0 Å². The second-order valence-corrected chi connectivity index (χ2v) is 10.0. The highest BCUT2D eigenvalue weighted by atomic mass is 35.5. The number of hydrogen-bond acceptors (Lipinski definition) is 4. The van der Waals surface area contributed by atoms with Gasteiger partial charge < -0.3 is 14.5 Å². The molecule has 3 aromatic rings. The maximum atomic E-state index is 13.7. The summed E-state index contributed by atoms with van der Waals surface area (Å²) in [4.78, 5) is 31.1. The predicted octanol–water partition coefficient (Wildman–Crippen LogP) is 5.91. The van der Waals surface area contributed by atoms with E-state index in [9.17, 15) is 14.0 Å². The number of nitrogens with zero attached hydrogens (tertiary/aromatic N) is 2.